The molecule has 0 unspecified atom stereocenters. The second-order valence-electron chi connectivity index (χ2n) is 7.63. The Bertz CT molecular complexity index is 1180. The lowest BCUT2D eigenvalue weighted by Gasteiger charge is -2.27. The van der Waals surface area contributed by atoms with E-state index in [9.17, 15) is 19.5 Å². The van der Waals surface area contributed by atoms with Gasteiger partial charge in [0.1, 0.15) is 18.4 Å². The van der Waals surface area contributed by atoms with Gasteiger partial charge in [0.05, 0.1) is 15.8 Å². The summed E-state index contributed by atoms with van der Waals surface area (Å²) < 4.78 is 5.63. The van der Waals surface area contributed by atoms with Crippen LogP contribution < -0.4 is 15.5 Å². The summed E-state index contributed by atoms with van der Waals surface area (Å²) in [6.07, 6.45) is 0.220. The first-order valence-electron chi connectivity index (χ1n) is 10.5. The fourth-order valence-electron chi connectivity index (χ4n) is 3.49. The first kappa shape index (κ1) is 23.7. The van der Waals surface area contributed by atoms with E-state index in [0.29, 0.717) is 28.1 Å². The van der Waals surface area contributed by atoms with Crippen LogP contribution in [0.5, 0.6) is 5.75 Å². The number of phenolic OH excluding ortho intramolecular Hbond substituents is 1. The number of hydrogen-bond acceptors (Lipinski definition) is 6. The largest absolute Gasteiger partial charge is 0.508 e. The fourth-order valence-corrected chi connectivity index (χ4v) is 4.43. The molecule has 0 bridgehead atoms. The van der Waals surface area contributed by atoms with Gasteiger partial charge in [0, 0.05) is 24.3 Å². The molecule has 0 aliphatic carbocycles. The van der Waals surface area contributed by atoms with Gasteiger partial charge in [-0.25, -0.2) is 0 Å². The molecule has 3 amide bonds. The maximum Gasteiger partial charge on any atom is 0.262 e. The Kier molecular flexibility index (Phi) is 7.46. The lowest BCUT2D eigenvalue weighted by atomic mass is 10.0. The van der Waals surface area contributed by atoms with Crippen molar-refractivity contribution < 1.29 is 24.2 Å². The highest BCUT2D eigenvalue weighted by molar-refractivity contribution is 7.18. The predicted octanol–water partition coefficient (Wildman–Crippen LogP) is 3.45. The van der Waals surface area contributed by atoms with Crippen molar-refractivity contribution in [1.29, 1.82) is 0 Å². The van der Waals surface area contributed by atoms with Gasteiger partial charge in [0.2, 0.25) is 5.91 Å². The van der Waals surface area contributed by atoms with Crippen LogP contribution in [0.3, 0.4) is 0 Å². The summed E-state index contributed by atoms with van der Waals surface area (Å²) in [6.45, 7) is 0.989. The van der Waals surface area contributed by atoms with Crippen molar-refractivity contribution in [3.63, 3.8) is 0 Å². The number of carbonyl (C=O) groups excluding carboxylic acids is 3. The third kappa shape index (κ3) is 5.93. The number of carbonyl (C=O) groups is 3. The van der Waals surface area contributed by atoms with Crippen LogP contribution in [-0.4, -0.2) is 48.6 Å². The standard InChI is InChI=1S/C24H22ClN3O5S/c25-21-10-9-20(34-21)24(32)27-19(13-15-1-7-18(29)8-2-15)23(31)26-16-3-5-17(6-4-16)28-11-12-33-14-22(28)30/h1-10,19,29H,11-14H2,(H,26,31)(H,27,32)/t19-/m1/s1. The zero-order valence-corrected chi connectivity index (χ0v) is 19.6. The van der Waals surface area contributed by atoms with Crippen LogP contribution in [0.1, 0.15) is 15.2 Å². The van der Waals surface area contributed by atoms with E-state index >= 15 is 0 Å². The lowest BCUT2D eigenvalue weighted by Crippen LogP contribution is -2.45. The quantitative estimate of drug-likeness (QED) is 0.461. The van der Waals surface area contributed by atoms with Crippen molar-refractivity contribution in [2.75, 3.05) is 30.0 Å². The van der Waals surface area contributed by atoms with E-state index in [-0.39, 0.29) is 24.7 Å². The van der Waals surface area contributed by atoms with Crippen LogP contribution in [0.15, 0.2) is 60.7 Å². The normalized spacial score (nSPS) is 14.5. The molecule has 1 saturated heterocycles. The molecule has 34 heavy (non-hydrogen) atoms. The maximum atomic E-state index is 13.1. The molecule has 8 nitrogen and oxygen atoms in total. The Balaban J connectivity index is 1.48. The number of rotatable bonds is 7. The molecule has 0 radical (unpaired) electrons. The topological polar surface area (TPSA) is 108 Å². The minimum Gasteiger partial charge on any atom is -0.508 e. The number of hydrogen-bond donors (Lipinski definition) is 3. The maximum absolute atomic E-state index is 13.1. The predicted molar refractivity (Wildman–Crippen MR) is 131 cm³/mol. The van der Waals surface area contributed by atoms with Gasteiger partial charge in [-0.3, -0.25) is 14.4 Å². The molecule has 3 N–H and O–H groups in total. The van der Waals surface area contributed by atoms with Gasteiger partial charge in [0.15, 0.2) is 0 Å². The fraction of sp³-hybridized carbons (Fsp3) is 0.208. The van der Waals surface area contributed by atoms with Gasteiger partial charge >= 0.3 is 0 Å². The summed E-state index contributed by atoms with van der Waals surface area (Å²) in [5.74, 6) is -0.814. The van der Waals surface area contributed by atoms with Gasteiger partial charge in [-0.05, 0) is 54.1 Å². The Hall–Kier alpha value is -3.40. The number of aromatic hydroxyl groups is 1. The molecule has 10 heteroatoms. The molecule has 1 aliphatic rings. The number of halogens is 1. The van der Waals surface area contributed by atoms with Crippen LogP contribution in [0.25, 0.3) is 0 Å². The molecule has 4 rings (SSSR count). The molecule has 2 heterocycles. The molecule has 0 spiro atoms. The van der Waals surface area contributed by atoms with Crippen molar-refractivity contribution in [1.82, 2.24) is 5.32 Å². The van der Waals surface area contributed by atoms with Gasteiger partial charge in [-0.2, -0.15) is 0 Å². The number of ether oxygens (including phenoxy) is 1. The summed E-state index contributed by atoms with van der Waals surface area (Å²) in [4.78, 5) is 39.9. The highest BCUT2D eigenvalue weighted by Crippen LogP contribution is 2.22. The number of phenols is 1. The number of benzene rings is 2. The lowest BCUT2D eigenvalue weighted by molar-refractivity contribution is -0.125. The van der Waals surface area contributed by atoms with E-state index < -0.39 is 17.9 Å². The molecule has 1 aromatic heterocycles. The molecule has 1 atom stereocenters. The van der Waals surface area contributed by atoms with Gasteiger partial charge in [-0.15, -0.1) is 11.3 Å². The van der Waals surface area contributed by atoms with E-state index in [4.69, 9.17) is 16.3 Å². The number of nitrogens with one attached hydrogen (secondary N) is 2. The minimum atomic E-state index is -0.876. The SMILES string of the molecule is O=C(N[C@H](Cc1ccc(O)cc1)C(=O)Nc1ccc(N2CCOCC2=O)cc1)c1ccc(Cl)s1. The highest BCUT2D eigenvalue weighted by atomic mass is 35.5. The smallest absolute Gasteiger partial charge is 0.262 e. The summed E-state index contributed by atoms with van der Waals surface area (Å²) in [6, 6.07) is 15.7. The summed E-state index contributed by atoms with van der Waals surface area (Å²) in [5.41, 5.74) is 2.01. The van der Waals surface area contributed by atoms with E-state index in [1.165, 1.54) is 12.1 Å². The molecular formula is C24H22ClN3O5S. The number of nitrogens with zero attached hydrogens (tertiary/aromatic N) is 1. The summed E-state index contributed by atoms with van der Waals surface area (Å²) >= 11 is 7.06. The second-order valence-corrected chi connectivity index (χ2v) is 9.35. The third-order valence-corrected chi connectivity index (χ3v) is 6.46. The summed E-state index contributed by atoms with van der Waals surface area (Å²) in [7, 11) is 0. The van der Waals surface area contributed by atoms with E-state index in [1.807, 2.05) is 0 Å². The Labute approximate surface area is 205 Å². The van der Waals surface area contributed by atoms with Crippen LogP contribution in [0.2, 0.25) is 4.34 Å². The number of anilines is 2. The monoisotopic (exact) mass is 499 g/mol. The molecule has 2 aromatic carbocycles. The van der Waals surface area contributed by atoms with Gasteiger partial charge in [0.25, 0.3) is 11.8 Å². The Morgan fingerprint density at radius 3 is 2.47 bits per heavy atom. The first-order valence-corrected chi connectivity index (χ1v) is 11.7. The van der Waals surface area contributed by atoms with Crippen LogP contribution in [-0.2, 0) is 20.7 Å². The van der Waals surface area contributed by atoms with Crippen LogP contribution in [0, 0.1) is 0 Å². The van der Waals surface area contributed by atoms with Crippen molar-refractivity contribution in [3.8, 4) is 5.75 Å². The molecular weight excluding hydrogens is 478 g/mol. The van der Waals surface area contributed by atoms with Crippen molar-refractivity contribution >= 4 is 52.0 Å². The third-order valence-electron chi connectivity index (χ3n) is 5.23. The minimum absolute atomic E-state index is 0.0482. The zero-order chi connectivity index (χ0) is 24.1. The average Bonchev–Trinajstić information content (AvgIpc) is 3.27. The Morgan fingerprint density at radius 2 is 1.82 bits per heavy atom. The van der Waals surface area contributed by atoms with E-state index in [1.54, 1.807) is 53.4 Å². The zero-order valence-electron chi connectivity index (χ0n) is 18.0. The molecule has 0 saturated carbocycles. The van der Waals surface area contributed by atoms with E-state index in [0.717, 1.165) is 22.6 Å². The highest BCUT2D eigenvalue weighted by Gasteiger charge is 2.24. The molecule has 176 valence electrons. The van der Waals surface area contributed by atoms with Crippen molar-refractivity contribution in [2.45, 2.75) is 12.5 Å². The first-order chi connectivity index (χ1) is 16.4. The van der Waals surface area contributed by atoms with Gasteiger partial charge in [-0.1, -0.05) is 23.7 Å². The number of amides is 3. The van der Waals surface area contributed by atoms with Crippen molar-refractivity contribution in [3.05, 3.63) is 75.4 Å². The summed E-state index contributed by atoms with van der Waals surface area (Å²) in [5, 5.41) is 15.1. The number of morpholine rings is 1. The van der Waals surface area contributed by atoms with Crippen molar-refractivity contribution in [2.24, 2.45) is 0 Å². The number of thiophene rings is 1. The second kappa shape index (κ2) is 10.7. The molecule has 1 fully saturated rings. The van der Waals surface area contributed by atoms with Crippen LogP contribution >= 0.6 is 22.9 Å². The molecule has 1 aliphatic heterocycles. The Morgan fingerprint density at radius 1 is 1.09 bits per heavy atom. The van der Waals surface area contributed by atoms with Crippen LogP contribution in [0.4, 0.5) is 11.4 Å². The molecule has 3 aromatic rings. The van der Waals surface area contributed by atoms with Gasteiger partial charge < -0.3 is 25.4 Å². The average molecular weight is 500 g/mol. The van der Waals surface area contributed by atoms with E-state index in [2.05, 4.69) is 10.6 Å².